The van der Waals surface area contributed by atoms with E-state index in [1.54, 1.807) is 30.5 Å². The van der Waals surface area contributed by atoms with Gasteiger partial charge in [-0.25, -0.2) is 8.70 Å². The van der Waals surface area contributed by atoms with Gasteiger partial charge in [-0.3, -0.25) is 9.78 Å². The van der Waals surface area contributed by atoms with Crippen molar-refractivity contribution in [3.8, 4) is 11.3 Å². The zero-order chi connectivity index (χ0) is 24.0. The van der Waals surface area contributed by atoms with Gasteiger partial charge in [-0.05, 0) is 73.8 Å². The molecule has 1 heterocycles. The quantitative estimate of drug-likeness (QED) is 0.322. The second-order valence-corrected chi connectivity index (χ2v) is 8.74. The number of carbonyl (C=O) groups excluding carboxylic acids is 1. The van der Waals surface area contributed by atoms with Gasteiger partial charge >= 0.3 is 6.18 Å². The molecule has 3 rings (SSSR count). The number of hydrogen-bond donors (Lipinski definition) is 1. The van der Waals surface area contributed by atoms with E-state index in [1.807, 2.05) is 18.2 Å². The van der Waals surface area contributed by atoms with Crippen LogP contribution in [0.25, 0.3) is 11.3 Å². The summed E-state index contributed by atoms with van der Waals surface area (Å²) in [6.45, 7) is 4.23. The standard InChI is InChI=1S/C24H23F4N3OS/c1-16(2)31(33-21-5-3-4-20(25)13-21)15-23(32)30-14-17-10-11-29-22(12-17)18-6-8-19(9-7-18)24(26,27)28/h3-13,16H,14-15H2,1-2H3,(H,30,32). The summed E-state index contributed by atoms with van der Waals surface area (Å²) in [6, 6.07) is 14.5. The maximum absolute atomic E-state index is 13.5. The summed E-state index contributed by atoms with van der Waals surface area (Å²) >= 11 is 1.31. The van der Waals surface area contributed by atoms with Crippen LogP contribution in [0.15, 0.2) is 71.8 Å². The molecule has 3 aromatic rings. The lowest BCUT2D eigenvalue weighted by Crippen LogP contribution is -2.36. The van der Waals surface area contributed by atoms with Crippen LogP contribution in [0.5, 0.6) is 0 Å². The van der Waals surface area contributed by atoms with Gasteiger partial charge in [-0.1, -0.05) is 18.2 Å². The molecule has 0 saturated carbocycles. The van der Waals surface area contributed by atoms with Crippen LogP contribution in [0.2, 0.25) is 0 Å². The Bertz CT molecular complexity index is 1090. The number of amides is 1. The van der Waals surface area contributed by atoms with Crippen LogP contribution < -0.4 is 5.32 Å². The van der Waals surface area contributed by atoms with Gasteiger partial charge in [-0.15, -0.1) is 0 Å². The number of hydrogen-bond acceptors (Lipinski definition) is 4. The summed E-state index contributed by atoms with van der Waals surface area (Å²) in [5.41, 5.74) is 1.11. The Hall–Kier alpha value is -2.91. The normalized spacial score (nSPS) is 11.8. The lowest BCUT2D eigenvalue weighted by Gasteiger charge is -2.24. The monoisotopic (exact) mass is 477 g/mol. The van der Waals surface area contributed by atoms with Gasteiger partial charge in [0.05, 0.1) is 17.8 Å². The zero-order valence-corrected chi connectivity index (χ0v) is 18.9. The highest BCUT2D eigenvalue weighted by atomic mass is 32.2. The first-order valence-electron chi connectivity index (χ1n) is 10.2. The summed E-state index contributed by atoms with van der Waals surface area (Å²) in [5.74, 6) is -0.546. The minimum atomic E-state index is -4.39. The third-order valence-corrected chi connectivity index (χ3v) is 5.97. The van der Waals surface area contributed by atoms with Crippen LogP contribution in [0.3, 0.4) is 0 Å². The van der Waals surface area contributed by atoms with Gasteiger partial charge in [-0.2, -0.15) is 13.2 Å². The van der Waals surface area contributed by atoms with E-state index < -0.39 is 11.7 Å². The number of pyridine rings is 1. The van der Waals surface area contributed by atoms with Crippen LogP contribution in [0.1, 0.15) is 25.0 Å². The predicted molar refractivity (Wildman–Crippen MR) is 121 cm³/mol. The summed E-state index contributed by atoms with van der Waals surface area (Å²) in [6.07, 6.45) is -2.84. The molecule has 0 fully saturated rings. The molecule has 0 saturated heterocycles. The van der Waals surface area contributed by atoms with Gasteiger partial charge in [0.25, 0.3) is 0 Å². The van der Waals surface area contributed by atoms with Crippen molar-refractivity contribution >= 4 is 17.9 Å². The average molecular weight is 478 g/mol. The molecule has 0 atom stereocenters. The molecule has 1 aromatic heterocycles. The van der Waals surface area contributed by atoms with E-state index in [2.05, 4.69) is 10.3 Å². The van der Waals surface area contributed by atoms with Gasteiger partial charge < -0.3 is 5.32 Å². The largest absolute Gasteiger partial charge is 0.416 e. The highest BCUT2D eigenvalue weighted by Gasteiger charge is 2.30. The van der Waals surface area contributed by atoms with Crippen molar-refractivity contribution in [1.82, 2.24) is 14.6 Å². The Labute approximate surface area is 194 Å². The van der Waals surface area contributed by atoms with E-state index in [-0.39, 0.29) is 30.9 Å². The van der Waals surface area contributed by atoms with Gasteiger partial charge in [0.1, 0.15) is 5.82 Å². The Morgan fingerprint density at radius 2 is 1.82 bits per heavy atom. The summed E-state index contributed by atoms with van der Waals surface area (Å²) < 4.78 is 53.6. The molecule has 0 unspecified atom stereocenters. The molecule has 2 aromatic carbocycles. The topological polar surface area (TPSA) is 45.2 Å². The SMILES string of the molecule is CC(C)N(CC(=O)NCc1ccnc(-c2ccc(C(F)(F)F)cc2)c1)Sc1cccc(F)c1. The zero-order valence-electron chi connectivity index (χ0n) is 18.1. The average Bonchev–Trinajstić information content (AvgIpc) is 2.77. The van der Waals surface area contributed by atoms with Gasteiger partial charge in [0.15, 0.2) is 0 Å². The Morgan fingerprint density at radius 3 is 2.45 bits per heavy atom. The van der Waals surface area contributed by atoms with Crippen molar-refractivity contribution in [3.05, 3.63) is 83.8 Å². The minimum Gasteiger partial charge on any atom is -0.351 e. The fraction of sp³-hybridized carbons (Fsp3) is 0.250. The first-order chi connectivity index (χ1) is 15.6. The molecule has 0 radical (unpaired) electrons. The van der Waals surface area contributed by atoms with Crippen LogP contribution in [0.4, 0.5) is 17.6 Å². The van der Waals surface area contributed by atoms with Crippen molar-refractivity contribution in [2.45, 2.75) is 37.5 Å². The molecule has 4 nitrogen and oxygen atoms in total. The predicted octanol–water partition coefficient (Wildman–Crippen LogP) is 5.94. The molecule has 1 amide bonds. The van der Waals surface area contributed by atoms with Crippen LogP contribution in [-0.4, -0.2) is 27.8 Å². The Morgan fingerprint density at radius 1 is 1.09 bits per heavy atom. The lowest BCUT2D eigenvalue weighted by molar-refractivity contribution is -0.137. The lowest BCUT2D eigenvalue weighted by atomic mass is 10.1. The van der Waals surface area contributed by atoms with Crippen molar-refractivity contribution in [3.63, 3.8) is 0 Å². The third-order valence-electron chi connectivity index (χ3n) is 4.72. The minimum absolute atomic E-state index is 0.0382. The van der Waals surface area contributed by atoms with E-state index in [4.69, 9.17) is 0 Å². The highest BCUT2D eigenvalue weighted by molar-refractivity contribution is 7.97. The number of benzene rings is 2. The molecule has 0 spiro atoms. The number of rotatable bonds is 8. The number of carbonyl (C=O) groups is 1. The third kappa shape index (κ3) is 7.30. The number of alkyl halides is 3. The first-order valence-corrected chi connectivity index (χ1v) is 11.0. The van der Waals surface area contributed by atoms with E-state index in [9.17, 15) is 22.4 Å². The summed E-state index contributed by atoms with van der Waals surface area (Å²) in [7, 11) is 0. The number of aromatic nitrogens is 1. The molecular weight excluding hydrogens is 454 g/mol. The van der Waals surface area contributed by atoms with Crippen LogP contribution in [0, 0.1) is 5.82 Å². The molecule has 0 bridgehead atoms. The second kappa shape index (κ2) is 10.8. The van der Waals surface area contributed by atoms with E-state index in [0.29, 0.717) is 16.2 Å². The highest BCUT2D eigenvalue weighted by Crippen LogP contribution is 2.30. The van der Waals surface area contributed by atoms with Gasteiger partial charge in [0, 0.05) is 29.2 Å². The number of nitrogens with one attached hydrogen (secondary N) is 1. The maximum Gasteiger partial charge on any atom is 0.416 e. The number of halogens is 4. The van der Waals surface area contributed by atoms with Crippen LogP contribution >= 0.6 is 11.9 Å². The van der Waals surface area contributed by atoms with E-state index in [1.165, 1.54) is 36.2 Å². The summed E-state index contributed by atoms with van der Waals surface area (Å²) in [4.78, 5) is 17.4. The molecule has 0 aliphatic heterocycles. The van der Waals surface area contributed by atoms with Crippen molar-refractivity contribution in [2.75, 3.05) is 6.54 Å². The van der Waals surface area contributed by atoms with Gasteiger partial charge in [0.2, 0.25) is 5.91 Å². The maximum atomic E-state index is 13.5. The fourth-order valence-corrected chi connectivity index (χ4v) is 3.92. The van der Waals surface area contributed by atoms with E-state index >= 15 is 0 Å². The molecule has 9 heteroatoms. The van der Waals surface area contributed by atoms with Crippen molar-refractivity contribution in [1.29, 1.82) is 0 Å². The molecule has 0 aliphatic rings. The van der Waals surface area contributed by atoms with Crippen LogP contribution in [-0.2, 0) is 17.5 Å². The Kier molecular flexibility index (Phi) is 8.10. The second-order valence-electron chi connectivity index (χ2n) is 7.62. The molecule has 1 N–H and O–H groups in total. The molecule has 174 valence electrons. The fourth-order valence-electron chi connectivity index (χ4n) is 2.95. The van der Waals surface area contributed by atoms with E-state index in [0.717, 1.165) is 17.7 Å². The first kappa shape index (κ1) is 24.7. The number of nitrogens with zero attached hydrogens (tertiary/aromatic N) is 2. The van der Waals surface area contributed by atoms with Crippen molar-refractivity contribution in [2.24, 2.45) is 0 Å². The van der Waals surface area contributed by atoms with Crippen molar-refractivity contribution < 1.29 is 22.4 Å². The molecular formula is C24H23F4N3OS. The summed E-state index contributed by atoms with van der Waals surface area (Å²) in [5, 5.41) is 2.84. The Balaban J connectivity index is 1.60. The smallest absolute Gasteiger partial charge is 0.351 e. The molecule has 0 aliphatic carbocycles. The molecule has 33 heavy (non-hydrogen) atoms.